The Hall–Kier alpha value is -3.62. The second-order valence-electron chi connectivity index (χ2n) is 5.41. The molecule has 1 amide bonds. The molecule has 7 nitrogen and oxygen atoms in total. The van der Waals surface area contributed by atoms with Gasteiger partial charge in [0.05, 0.1) is 12.1 Å². The highest BCUT2D eigenvalue weighted by Gasteiger charge is 2.19. The Kier molecular flexibility index (Phi) is 3.88. The zero-order valence-electron chi connectivity index (χ0n) is 13.2. The number of halogens is 2. The maximum atomic E-state index is 13.7. The molecule has 0 saturated heterocycles. The minimum atomic E-state index is -0.813. The molecule has 0 unspecified atom stereocenters. The topological polar surface area (TPSA) is 96.7 Å². The Morgan fingerprint density at radius 1 is 1.12 bits per heavy atom. The van der Waals surface area contributed by atoms with E-state index in [4.69, 9.17) is 4.52 Å². The van der Waals surface area contributed by atoms with Gasteiger partial charge in [-0.3, -0.25) is 9.89 Å². The number of hydrogen-bond acceptors (Lipinski definition) is 5. The summed E-state index contributed by atoms with van der Waals surface area (Å²) >= 11 is 0. The number of hydrogen-bond donors (Lipinski definition) is 2. The van der Waals surface area contributed by atoms with Gasteiger partial charge in [-0.2, -0.15) is 10.1 Å². The molecule has 0 aliphatic carbocycles. The van der Waals surface area contributed by atoms with E-state index in [1.165, 1.54) is 6.07 Å². The normalized spacial score (nSPS) is 11.0. The van der Waals surface area contributed by atoms with Crippen LogP contribution in [0.4, 0.5) is 8.78 Å². The number of para-hydroxylation sites is 1. The Balaban J connectivity index is 1.51. The van der Waals surface area contributed by atoms with Crippen LogP contribution in [0.15, 0.2) is 47.0 Å². The molecule has 9 heteroatoms. The van der Waals surface area contributed by atoms with Crippen molar-refractivity contribution < 1.29 is 18.1 Å². The molecule has 0 aliphatic heterocycles. The maximum absolute atomic E-state index is 13.7. The maximum Gasteiger partial charge on any atom is 0.272 e. The second-order valence-corrected chi connectivity index (χ2v) is 5.41. The molecule has 0 radical (unpaired) electrons. The molecular formula is C17H11F2N5O2. The van der Waals surface area contributed by atoms with E-state index in [9.17, 15) is 13.6 Å². The first-order valence-electron chi connectivity index (χ1n) is 7.62. The Bertz CT molecular complexity index is 1090. The van der Waals surface area contributed by atoms with E-state index >= 15 is 0 Å². The van der Waals surface area contributed by atoms with Gasteiger partial charge in [0, 0.05) is 5.39 Å². The molecule has 0 saturated carbocycles. The van der Waals surface area contributed by atoms with E-state index in [1.807, 2.05) is 6.07 Å². The van der Waals surface area contributed by atoms with Crippen LogP contribution in [0.5, 0.6) is 0 Å². The third-order valence-electron chi connectivity index (χ3n) is 3.74. The van der Waals surface area contributed by atoms with Crippen molar-refractivity contribution >= 4 is 16.8 Å². The first-order chi connectivity index (χ1) is 12.6. The minimum Gasteiger partial charge on any atom is -0.343 e. The Morgan fingerprint density at radius 3 is 2.69 bits per heavy atom. The summed E-state index contributed by atoms with van der Waals surface area (Å²) in [7, 11) is 0. The minimum absolute atomic E-state index is 0.0795. The molecule has 2 N–H and O–H groups in total. The molecule has 2 aromatic carbocycles. The van der Waals surface area contributed by atoms with Gasteiger partial charge in [0.25, 0.3) is 11.8 Å². The monoisotopic (exact) mass is 355 g/mol. The zero-order chi connectivity index (χ0) is 18.1. The summed E-state index contributed by atoms with van der Waals surface area (Å²) in [5, 5.41) is 13.6. The van der Waals surface area contributed by atoms with E-state index in [-0.39, 0.29) is 24.0 Å². The van der Waals surface area contributed by atoms with Gasteiger partial charge >= 0.3 is 0 Å². The van der Waals surface area contributed by atoms with Crippen molar-refractivity contribution in [2.24, 2.45) is 0 Å². The quantitative estimate of drug-likeness (QED) is 0.587. The molecule has 130 valence electrons. The molecule has 2 aromatic heterocycles. The number of carbonyl (C=O) groups is 1. The van der Waals surface area contributed by atoms with E-state index < -0.39 is 23.1 Å². The predicted octanol–water partition coefficient (Wildman–Crippen LogP) is 2.82. The largest absolute Gasteiger partial charge is 0.343 e. The number of H-pyrrole nitrogens is 1. The SMILES string of the molecule is O=C(NCc1noc(-c2c(F)cccc2F)n1)c1n[nH]c2ccccc12. The van der Waals surface area contributed by atoms with E-state index in [1.54, 1.807) is 18.2 Å². The fraction of sp³-hybridized carbons (Fsp3) is 0.0588. The lowest BCUT2D eigenvalue weighted by atomic mass is 10.2. The average Bonchev–Trinajstić information content (AvgIpc) is 3.27. The van der Waals surface area contributed by atoms with Gasteiger partial charge in [-0.1, -0.05) is 29.4 Å². The molecule has 0 spiro atoms. The fourth-order valence-corrected chi connectivity index (χ4v) is 2.51. The van der Waals surface area contributed by atoms with Gasteiger partial charge in [0.1, 0.15) is 17.2 Å². The zero-order valence-corrected chi connectivity index (χ0v) is 13.2. The lowest BCUT2D eigenvalue weighted by Crippen LogP contribution is -2.24. The third kappa shape index (κ3) is 2.79. The summed E-state index contributed by atoms with van der Waals surface area (Å²) in [4.78, 5) is 16.2. The van der Waals surface area contributed by atoms with Crippen LogP contribution in [0.2, 0.25) is 0 Å². The average molecular weight is 355 g/mol. The van der Waals surface area contributed by atoms with Crippen molar-refractivity contribution in [1.29, 1.82) is 0 Å². The Morgan fingerprint density at radius 2 is 1.88 bits per heavy atom. The van der Waals surface area contributed by atoms with Crippen LogP contribution < -0.4 is 5.32 Å². The predicted molar refractivity (Wildman–Crippen MR) is 86.9 cm³/mol. The lowest BCUT2D eigenvalue weighted by Gasteiger charge is -2.00. The number of fused-ring (bicyclic) bond motifs is 1. The van der Waals surface area contributed by atoms with Crippen LogP contribution in [0, 0.1) is 11.6 Å². The number of amides is 1. The molecular weight excluding hydrogens is 344 g/mol. The van der Waals surface area contributed by atoms with Gasteiger partial charge in [-0.25, -0.2) is 8.78 Å². The number of nitrogens with one attached hydrogen (secondary N) is 2. The lowest BCUT2D eigenvalue weighted by molar-refractivity contribution is 0.0946. The standard InChI is InChI=1S/C17H11F2N5O2/c18-10-5-3-6-11(19)14(10)17-21-13(24-26-17)8-20-16(25)15-9-4-1-2-7-12(9)22-23-15/h1-7H,8H2,(H,20,25)(H,22,23). The fourth-order valence-electron chi connectivity index (χ4n) is 2.51. The number of aromatic nitrogens is 4. The third-order valence-corrected chi connectivity index (χ3v) is 3.74. The van der Waals surface area contributed by atoms with Crippen molar-refractivity contribution in [2.75, 3.05) is 0 Å². The van der Waals surface area contributed by atoms with Crippen molar-refractivity contribution in [3.63, 3.8) is 0 Å². The first-order valence-corrected chi connectivity index (χ1v) is 7.62. The van der Waals surface area contributed by atoms with Crippen LogP contribution in [0.3, 0.4) is 0 Å². The number of aromatic amines is 1. The summed E-state index contributed by atoms with van der Waals surface area (Å²) in [6, 6.07) is 10.6. The molecule has 0 fully saturated rings. The van der Waals surface area contributed by atoms with Gasteiger partial charge < -0.3 is 9.84 Å². The highest BCUT2D eigenvalue weighted by Crippen LogP contribution is 2.24. The van der Waals surface area contributed by atoms with Crippen molar-refractivity contribution in [1.82, 2.24) is 25.7 Å². The molecule has 0 bridgehead atoms. The van der Waals surface area contributed by atoms with Crippen LogP contribution in [0.25, 0.3) is 22.4 Å². The summed E-state index contributed by atoms with van der Waals surface area (Å²) in [6.45, 7) is -0.0837. The summed E-state index contributed by atoms with van der Waals surface area (Å²) in [6.07, 6.45) is 0. The van der Waals surface area contributed by atoms with Crippen molar-refractivity contribution in [3.8, 4) is 11.5 Å². The molecule has 4 rings (SSSR count). The van der Waals surface area contributed by atoms with Crippen LogP contribution >= 0.6 is 0 Å². The number of rotatable bonds is 4. The highest BCUT2D eigenvalue weighted by atomic mass is 19.1. The summed E-state index contributed by atoms with van der Waals surface area (Å²) in [5.41, 5.74) is 0.551. The van der Waals surface area contributed by atoms with Gasteiger partial charge in [-0.15, -0.1) is 0 Å². The number of benzene rings is 2. The Labute approximate surface area is 145 Å². The first kappa shape index (κ1) is 15.9. The van der Waals surface area contributed by atoms with Crippen LogP contribution in [0.1, 0.15) is 16.3 Å². The smallest absolute Gasteiger partial charge is 0.272 e. The van der Waals surface area contributed by atoms with Crippen LogP contribution in [-0.2, 0) is 6.54 Å². The van der Waals surface area contributed by atoms with Gasteiger partial charge in [0.2, 0.25) is 0 Å². The van der Waals surface area contributed by atoms with Crippen molar-refractivity contribution in [2.45, 2.75) is 6.54 Å². The molecule has 4 aromatic rings. The van der Waals surface area contributed by atoms with E-state index in [0.29, 0.717) is 5.39 Å². The molecule has 0 aliphatic rings. The molecule has 0 atom stereocenters. The van der Waals surface area contributed by atoms with Crippen molar-refractivity contribution in [3.05, 3.63) is 65.6 Å². The summed E-state index contributed by atoms with van der Waals surface area (Å²) < 4.78 is 32.4. The number of carbonyl (C=O) groups excluding carboxylic acids is 1. The summed E-state index contributed by atoms with van der Waals surface area (Å²) in [5.74, 6) is -2.28. The molecule has 2 heterocycles. The molecule has 26 heavy (non-hydrogen) atoms. The van der Waals surface area contributed by atoms with Gasteiger partial charge in [-0.05, 0) is 18.2 Å². The van der Waals surface area contributed by atoms with Gasteiger partial charge in [0.15, 0.2) is 11.5 Å². The second kappa shape index (κ2) is 6.36. The highest BCUT2D eigenvalue weighted by molar-refractivity contribution is 6.04. The number of nitrogens with zero attached hydrogens (tertiary/aromatic N) is 3. The van der Waals surface area contributed by atoms with Crippen LogP contribution in [-0.4, -0.2) is 26.2 Å². The van der Waals surface area contributed by atoms with E-state index in [0.717, 1.165) is 17.6 Å². The van der Waals surface area contributed by atoms with E-state index in [2.05, 4.69) is 25.7 Å².